The monoisotopic (exact) mass is 438 g/mol. The van der Waals surface area contributed by atoms with Crippen molar-refractivity contribution in [3.63, 3.8) is 0 Å². The average molecular weight is 439 g/mol. The molecule has 4 aromatic rings. The third-order valence-corrected chi connectivity index (χ3v) is 10.6. The zero-order chi connectivity index (χ0) is 21.1. The van der Waals surface area contributed by atoms with Gasteiger partial charge in [-0.1, -0.05) is 133 Å². The van der Waals surface area contributed by atoms with E-state index in [1.54, 1.807) is 0 Å². The van der Waals surface area contributed by atoms with Gasteiger partial charge in [0.05, 0.1) is 18.6 Å². The van der Waals surface area contributed by atoms with Crippen molar-refractivity contribution in [1.82, 2.24) is 4.67 Å². The van der Waals surface area contributed by atoms with Crippen LogP contribution in [0.4, 0.5) is 0 Å². The standard InChI is InChI=1S/C27H23N2PS/c31-30(24-17-9-3-10-18-24,25-19-11-4-12-20-25)29-21-28-26(22-13-5-1-6-14-22)27(29)23-15-7-2-8-16-23/h1-21,26-27H/t26-,27+/m1/s1. The SMILES string of the molecule is S=P(c1ccccc1)(c1ccccc1)N1C=N[C@H](c2ccccc2)[C@@H]1c1ccccc1. The highest BCUT2D eigenvalue weighted by Gasteiger charge is 2.41. The molecule has 0 aromatic heterocycles. The summed E-state index contributed by atoms with van der Waals surface area (Å²) in [5.41, 5.74) is 2.44. The maximum Gasteiger partial charge on any atom is 0.101 e. The van der Waals surface area contributed by atoms with Crippen molar-refractivity contribution in [2.24, 2.45) is 4.99 Å². The van der Waals surface area contributed by atoms with Gasteiger partial charge in [-0.25, -0.2) is 0 Å². The Balaban J connectivity index is 1.70. The molecule has 0 aliphatic carbocycles. The second-order valence-electron chi connectivity index (χ2n) is 7.60. The fraction of sp³-hybridized carbons (Fsp3) is 0.0741. The maximum absolute atomic E-state index is 6.62. The van der Waals surface area contributed by atoms with Gasteiger partial charge in [0.1, 0.15) is 6.04 Å². The van der Waals surface area contributed by atoms with E-state index in [9.17, 15) is 0 Å². The van der Waals surface area contributed by atoms with Gasteiger partial charge < -0.3 is 4.67 Å². The Morgan fingerprint density at radius 2 is 1.00 bits per heavy atom. The molecule has 0 bridgehead atoms. The van der Waals surface area contributed by atoms with E-state index in [-0.39, 0.29) is 12.1 Å². The van der Waals surface area contributed by atoms with Crippen LogP contribution >= 0.6 is 6.19 Å². The highest BCUT2D eigenvalue weighted by atomic mass is 32.4. The lowest BCUT2D eigenvalue weighted by Crippen LogP contribution is -2.33. The minimum atomic E-state index is -2.33. The van der Waals surface area contributed by atoms with E-state index in [4.69, 9.17) is 16.8 Å². The van der Waals surface area contributed by atoms with Crippen LogP contribution in [-0.4, -0.2) is 11.0 Å². The van der Waals surface area contributed by atoms with Crippen molar-refractivity contribution < 1.29 is 0 Å². The summed E-state index contributed by atoms with van der Waals surface area (Å²) in [6, 6.07) is 42.3. The Kier molecular flexibility index (Phi) is 5.55. The van der Waals surface area contributed by atoms with Crippen molar-refractivity contribution in [2.45, 2.75) is 12.1 Å². The summed E-state index contributed by atoms with van der Waals surface area (Å²) in [5.74, 6) is 0. The van der Waals surface area contributed by atoms with Crippen LogP contribution in [0.25, 0.3) is 0 Å². The van der Waals surface area contributed by atoms with E-state index in [0.29, 0.717) is 0 Å². The van der Waals surface area contributed by atoms with E-state index < -0.39 is 6.19 Å². The molecule has 5 rings (SSSR count). The lowest BCUT2D eigenvalue weighted by molar-refractivity contribution is 0.459. The number of rotatable bonds is 5. The van der Waals surface area contributed by atoms with E-state index in [1.165, 1.54) is 21.7 Å². The second kappa shape index (κ2) is 8.63. The van der Waals surface area contributed by atoms with Crippen LogP contribution in [-0.2, 0) is 11.8 Å². The lowest BCUT2D eigenvalue weighted by Gasteiger charge is -2.38. The van der Waals surface area contributed by atoms with E-state index in [0.717, 1.165) is 0 Å². The molecule has 2 nitrogen and oxygen atoms in total. The smallest absolute Gasteiger partial charge is 0.101 e. The molecule has 4 heteroatoms. The van der Waals surface area contributed by atoms with Crippen LogP contribution in [0.2, 0.25) is 0 Å². The molecule has 1 heterocycles. The summed E-state index contributed by atoms with van der Waals surface area (Å²) in [4.78, 5) is 5.02. The summed E-state index contributed by atoms with van der Waals surface area (Å²) >= 11 is 6.62. The van der Waals surface area contributed by atoms with Gasteiger partial charge in [0.25, 0.3) is 0 Å². The second-order valence-corrected chi connectivity index (χ2v) is 11.8. The van der Waals surface area contributed by atoms with Crippen LogP contribution in [0.5, 0.6) is 0 Å². The molecule has 0 radical (unpaired) electrons. The van der Waals surface area contributed by atoms with Crippen LogP contribution < -0.4 is 10.6 Å². The molecule has 0 fully saturated rings. The highest BCUT2D eigenvalue weighted by molar-refractivity contribution is 8.20. The zero-order valence-electron chi connectivity index (χ0n) is 17.0. The average Bonchev–Trinajstić information content (AvgIpc) is 3.31. The number of benzene rings is 4. The van der Waals surface area contributed by atoms with Crippen LogP contribution in [0.15, 0.2) is 126 Å². The summed E-state index contributed by atoms with van der Waals surface area (Å²) in [6.07, 6.45) is -0.324. The maximum atomic E-state index is 6.62. The zero-order valence-corrected chi connectivity index (χ0v) is 18.7. The Morgan fingerprint density at radius 3 is 1.48 bits per heavy atom. The molecule has 0 saturated carbocycles. The van der Waals surface area contributed by atoms with Crippen molar-refractivity contribution in [1.29, 1.82) is 0 Å². The van der Waals surface area contributed by atoms with Crippen LogP contribution in [0.3, 0.4) is 0 Å². The van der Waals surface area contributed by atoms with Crippen LogP contribution in [0.1, 0.15) is 23.2 Å². The number of hydrogen-bond donors (Lipinski definition) is 0. The fourth-order valence-electron chi connectivity index (χ4n) is 4.27. The lowest BCUT2D eigenvalue weighted by atomic mass is 9.95. The van der Waals surface area contributed by atoms with E-state index in [2.05, 4.69) is 114 Å². The van der Waals surface area contributed by atoms with Crippen molar-refractivity contribution in [2.75, 3.05) is 0 Å². The Bertz CT molecular complexity index is 1170. The minimum absolute atomic E-state index is 0.00153. The third kappa shape index (κ3) is 3.65. The predicted octanol–water partition coefficient (Wildman–Crippen LogP) is 5.86. The van der Waals surface area contributed by atoms with Crippen LogP contribution in [0, 0.1) is 0 Å². The summed E-state index contributed by atoms with van der Waals surface area (Å²) < 4.78 is 2.38. The highest BCUT2D eigenvalue weighted by Crippen LogP contribution is 2.57. The quantitative estimate of drug-likeness (QED) is 0.363. The molecule has 0 N–H and O–H groups in total. The van der Waals surface area contributed by atoms with Gasteiger partial charge in [-0.15, -0.1) is 0 Å². The van der Waals surface area contributed by atoms with Gasteiger partial charge in [0.15, 0.2) is 0 Å². The van der Waals surface area contributed by atoms with E-state index in [1.807, 2.05) is 18.5 Å². The first-order chi connectivity index (χ1) is 15.3. The molecule has 152 valence electrons. The molecule has 0 spiro atoms. The van der Waals surface area contributed by atoms with Crippen molar-refractivity contribution in [3.05, 3.63) is 132 Å². The number of aliphatic imine (C=N–C) groups is 1. The van der Waals surface area contributed by atoms with Crippen molar-refractivity contribution >= 4 is 34.9 Å². The predicted molar refractivity (Wildman–Crippen MR) is 135 cm³/mol. The first-order valence-electron chi connectivity index (χ1n) is 10.4. The third-order valence-electron chi connectivity index (χ3n) is 5.75. The molecule has 0 unspecified atom stereocenters. The molecule has 1 aliphatic heterocycles. The molecular formula is C27H23N2PS. The Morgan fingerprint density at radius 1 is 0.581 bits per heavy atom. The van der Waals surface area contributed by atoms with Crippen molar-refractivity contribution in [3.8, 4) is 0 Å². The first kappa shape index (κ1) is 19.9. The molecular weight excluding hydrogens is 415 g/mol. The largest absolute Gasteiger partial charge is 0.318 e. The summed E-state index contributed by atoms with van der Waals surface area (Å²) in [5, 5.41) is 2.36. The van der Waals surface area contributed by atoms with E-state index >= 15 is 0 Å². The normalized spacial score (nSPS) is 18.3. The summed E-state index contributed by atoms with van der Waals surface area (Å²) in [6.45, 7) is 0. The molecule has 4 aromatic carbocycles. The Hall–Kier alpha value is -3.00. The first-order valence-corrected chi connectivity index (χ1v) is 13.2. The Labute approximate surface area is 189 Å². The van der Waals surface area contributed by atoms with Gasteiger partial charge in [0, 0.05) is 10.6 Å². The van der Waals surface area contributed by atoms with Gasteiger partial charge in [-0.2, -0.15) is 0 Å². The van der Waals surface area contributed by atoms with Gasteiger partial charge in [-0.3, -0.25) is 4.99 Å². The molecule has 31 heavy (non-hydrogen) atoms. The molecule has 0 saturated heterocycles. The molecule has 1 aliphatic rings. The number of hydrogen-bond acceptors (Lipinski definition) is 2. The van der Waals surface area contributed by atoms with Gasteiger partial charge in [-0.05, 0) is 11.1 Å². The fourth-order valence-corrected chi connectivity index (χ4v) is 8.23. The minimum Gasteiger partial charge on any atom is -0.318 e. The summed E-state index contributed by atoms with van der Waals surface area (Å²) in [7, 11) is 0. The molecule has 0 amide bonds. The van der Waals surface area contributed by atoms with Gasteiger partial charge in [0.2, 0.25) is 0 Å². The topological polar surface area (TPSA) is 15.6 Å². The van der Waals surface area contributed by atoms with Gasteiger partial charge >= 0.3 is 0 Å². The molecule has 2 atom stereocenters. The number of nitrogens with zero attached hydrogens (tertiary/aromatic N) is 2.